The van der Waals surface area contributed by atoms with Gasteiger partial charge in [-0.2, -0.15) is 0 Å². The van der Waals surface area contributed by atoms with E-state index in [4.69, 9.17) is 6.42 Å². The zero-order valence-electron chi connectivity index (χ0n) is 21.6. The standard InChI is InChI=1S/C35H34/c1-8-26-13-14-31(19-28(26)10-3)34-21-32(29-15-16-35(23(4)5)25(7)17-29)20-33(22-34)30-12-11-24(6)27(9-2)18-30/h3,8,11-23H,1,9H2,2,4-7H3. The minimum absolute atomic E-state index is 0.511. The summed E-state index contributed by atoms with van der Waals surface area (Å²) >= 11 is 0. The first-order valence-electron chi connectivity index (χ1n) is 12.4. The predicted molar refractivity (Wildman–Crippen MR) is 154 cm³/mol. The van der Waals surface area contributed by atoms with Crippen molar-refractivity contribution in [2.24, 2.45) is 0 Å². The molecule has 0 heterocycles. The molecular formula is C35H34. The number of hydrogen-bond donors (Lipinski definition) is 0. The van der Waals surface area contributed by atoms with Crippen LogP contribution in [0.2, 0.25) is 0 Å². The Kier molecular flexibility index (Phi) is 7.09. The van der Waals surface area contributed by atoms with Crippen LogP contribution in [-0.2, 0) is 6.42 Å². The van der Waals surface area contributed by atoms with Crippen molar-refractivity contribution >= 4 is 6.08 Å². The molecule has 0 bridgehead atoms. The van der Waals surface area contributed by atoms with Crippen molar-refractivity contribution in [1.82, 2.24) is 0 Å². The Balaban J connectivity index is 1.94. The van der Waals surface area contributed by atoms with Crippen molar-refractivity contribution < 1.29 is 0 Å². The molecule has 0 atom stereocenters. The van der Waals surface area contributed by atoms with E-state index in [2.05, 4.69) is 120 Å². The van der Waals surface area contributed by atoms with Crippen LogP contribution in [0.15, 0.2) is 79.4 Å². The Bertz CT molecular complexity index is 1440. The summed E-state index contributed by atoms with van der Waals surface area (Å²) in [6.07, 6.45) is 8.66. The highest BCUT2D eigenvalue weighted by Crippen LogP contribution is 2.35. The van der Waals surface area contributed by atoms with Gasteiger partial charge in [-0.25, -0.2) is 0 Å². The van der Waals surface area contributed by atoms with Crippen LogP contribution in [0, 0.1) is 26.2 Å². The molecule has 0 nitrogen and oxygen atoms in total. The minimum Gasteiger partial charge on any atom is -0.115 e. The van der Waals surface area contributed by atoms with Crippen LogP contribution in [0.4, 0.5) is 0 Å². The van der Waals surface area contributed by atoms with Crippen molar-refractivity contribution in [3.8, 4) is 45.7 Å². The normalized spacial score (nSPS) is 10.9. The lowest BCUT2D eigenvalue weighted by atomic mass is 9.89. The quantitative estimate of drug-likeness (QED) is 0.254. The SMILES string of the molecule is C#Cc1cc(-c2cc(-c3ccc(C(C)C)c(C)c3)cc(-c3ccc(C)c(CC)c3)c2)ccc1C=C. The van der Waals surface area contributed by atoms with Crippen LogP contribution in [0.5, 0.6) is 0 Å². The van der Waals surface area contributed by atoms with Gasteiger partial charge in [0.25, 0.3) is 0 Å². The molecule has 4 rings (SSSR count). The maximum absolute atomic E-state index is 5.82. The summed E-state index contributed by atoms with van der Waals surface area (Å²) in [6, 6.07) is 26.8. The van der Waals surface area contributed by atoms with Crippen molar-refractivity contribution in [1.29, 1.82) is 0 Å². The number of rotatable bonds is 6. The van der Waals surface area contributed by atoms with Crippen LogP contribution in [0.1, 0.15) is 60.1 Å². The fraction of sp³-hybridized carbons (Fsp3) is 0.200. The molecule has 0 aliphatic heterocycles. The van der Waals surface area contributed by atoms with Gasteiger partial charge >= 0.3 is 0 Å². The molecule has 0 amide bonds. The Morgan fingerprint density at radius 3 is 1.86 bits per heavy atom. The van der Waals surface area contributed by atoms with E-state index in [1.165, 1.54) is 44.5 Å². The molecule has 174 valence electrons. The van der Waals surface area contributed by atoms with Gasteiger partial charge in [-0.1, -0.05) is 87.9 Å². The van der Waals surface area contributed by atoms with Crippen LogP contribution in [0.3, 0.4) is 0 Å². The van der Waals surface area contributed by atoms with E-state index in [0.717, 1.165) is 28.7 Å². The van der Waals surface area contributed by atoms with Gasteiger partial charge in [0.15, 0.2) is 0 Å². The third kappa shape index (κ3) is 5.01. The Morgan fingerprint density at radius 2 is 1.31 bits per heavy atom. The van der Waals surface area contributed by atoms with Crippen LogP contribution >= 0.6 is 0 Å². The molecule has 0 heteroatoms. The second-order valence-corrected chi connectivity index (χ2v) is 9.67. The molecule has 0 aliphatic rings. The van der Waals surface area contributed by atoms with Crippen molar-refractivity contribution in [3.05, 3.63) is 113 Å². The van der Waals surface area contributed by atoms with E-state index in [1.807, 2.05) is 6.08 Å². The lowest BCUT2D eigenvalue weighted by molar-refractivity contribution is 0.857. The van der Waals surface area contributed by atoms with E-state index < -0.39 is 0 Å². The summed E-state index contributed by atoms with van der Waals surface area (Å²) in [5.74, 6) is 3.33. The molecular weight excluding hydrogens is 420 g/mol. The largest absolute Gasteiger partial charge is 0.115 e. The molecule has 0 saturated heterocycles. The molecule has 0 N–H and O–H groups in total. The molecule has 0 aliphatic carbocycles. The van der Waals surface area contributed by atoms with Gasteiger partial charge in [-0.3, -0.25) is 0 Å². The average Bonchev–Trinajstić information content (AvgIpc) is 2.87. The van der Waals surface area contributed by atoms with E-state index in [1.54, 1.807) is 0 Å². The number of aryl methyl sites for hydroxylation is 3. The smallest absolute Gasteiger partial charge is 0.0320 e. The first kappa shape index (κ1) is 24.3. The van der Waals surface area contributed by atoms with E-state index >= 15 is 0 Å². The molecule has 0 fully saturated rings. The Labute approximate surface area is 211 Å². The Hall–Kier alpha value is -3.82. The van der Waals surface area contributed by atoms with Gasteiger partial charge in [0.05, 0.1) is 0 Å². The second-order valence-electron chi connectivity index (χ2n) is 9.67. The molecule has 35 heavy (non-hydrogen) atoms. The zero-order valence-corrected chi connectivity index (χ0v) is 21.6. The monoisotopic (exact) mass is 454 g/mol. The van der Waals surface area contributed by atoms with Crippen molar-refractivity contribution in [2.45, 2.75) is 47.0 Å². The lowest BCUT2D eigenvalue weighted by Gasteiger charge is -2.15. The minimum atomic E-state index is 0.511. The van der Waals surface area contributed by atoms with Crippen molar-refractivity contribution in [3.63, 3.8) is 0 Å². The fourth-order valence-electron chi connectivity index (χ4n) is 4.90. The topological polar surface area (TPSA) is 0 Å². The maximum Gasteiger partial charge on any atom is 0.0320 e. The van der Waals surface area contributed by atoms with E-state index in [0.29, 0.717) is 5.92 Å². The van der Waals surface area contributed by atoms with Crippen LogP contribution < -0.4 is 0 Å². The van der Waals surface area contributed by atoms with Crippen LogP contribution in [0.25, 0.3) is 39.5 Å². The first-order chi connectivity index (χ1) is 16.8. The molecule has 0 aromatic heterocycles. The summed E-state index contributed by atoms with van der Waals surface area (Å²) in [4.78, 5) is 0. The van der Waals surface area contributed by atoms with Crippen LogP contribution in [-0.4, -0.2) is 0 Å². The second kappa shape index (κ2) is 10.2. The Morgan fingerprint density at radius 1 is 0.743 bits per heavy atom. The van der Waals surface area contributed by atoms with Crippen molar-refractivity contribution in [2.75, 3.05) is 0 Å². The highest BCUT2D eigenvalue weighted by atomic mass is 14.2. The highest BCUT2D eigenvalue weighted by Gasteiger charge is 2.11. The fourth-order valence-corrected chi connectivity index (χ4v) is 4.90. The summed E-state index contributed by atoms with van der Waals surface area (Å²) in [5.41, 5.74) is 14.5. The zero-order chi connectivity index (χ0) is 25.1. The summed E-state index contributed by atoms with van der Waals surface area (Å²) in [5, 5.41) is 0. The molecule has 4 aromatic rings. The van der Waals surface area contributed by atoms with Gasteiger partial charge in [0.2, 0.25) is 0 Å². The molecule has 0 spiro atoms. The average molecular weight is 455 g/mol. The predicted octanol–water partition coefficient (Wildman–Crippen LogP) is 9.61. The first-order valence-corrected chi connectivity index (χ1v) is 12.4. The van der Waals surface area contributed by atoms with E-state index in [-0.39, 0.29) is 0 Å². The number of benzene rings is 4. The molecule has 4 aromatic carbocycles. The van der Waals surface area contributed by atoms with Gasteiger partial charge in [0.1, 0.15) is 0 Å². The van der Waals surface area contributed by atoms with Gasteiger partial charge in [-0.05, 0) is 112 Å². The lowest BCUT2D eigenvalue weighted by Crippen LogP contribution is -1.93. The number of terminal acetylenes is 1. The third-order valence-corrected chi connectivity index (χ3v) is 6.98. The molecule has 0 radical (unpaired) electrons. The summed E-state index contributed by atoms with van der Waals surface area (Å²) in [7, 11) is 0. The molecule has 0 saturated carbocycles. The highest BCUT2D eigenvalue weighted by molar-refractivity contribution is 5.82. The summed E-state index contributed by atoms with van der Waals surface area (Å²) < 4.78 is 0. The van der Waals surface area contributed by atoms with E-state index in [9.17, 15) is 0 Å². The van der Waals surface area contributed by atoms with Gasteiger partial charge in [0, 0.05) is 5.56 Å². The maximum atomic E-state index is 5.82. The van der Waals surface area contributed by atoms with Gasteiger partial charge in [-0.15, -0.1) is 6.42 Å². The molecule has 0 unspecified atom stereocenters. The number of hydrogen-bond acceptors (Lipinski definition) is 0. The van der Waals surface area contributed by atoms with Gasteiger partial charge < -0.3 is 0 Å². The third-order valence-electron chi connectivity index (χ3n) is 6.98. The summed E-state index contributed by atoms with van der Waals surface area (Å²) in [6.45, 7) is 15.0.